The van der Waals surface area contributed by atoms with E-state index < -0.39 is 0 Å². The summed E-state index contributed by atoms with van der Waals surface area (Å²) >= 11 is 0. The van der Waals surface area contributed by atoms with Crippen LogP contribution in [-0.2, 0) is 0 Å². The summed E-state index contributed by atoms with van der Waals surface area (Å²) in [5.74, 6) is 2.95. The molecule has 1 atom stereocenters. The summed E-state index contributed by atoms with van der Waals surface area (Å²) < 4.78 is 0. The minimum absolute atomic E-state index is 0.0159. The molecule has 0 saturated carbocycles. The summed E-state index contributed by atoms with van der Waals surface area (Å²) in [6.07, 6.45) is 5.99. The monoisotopic (exact) mass is 322 g/mol. The van der Waals surface area contributed by atoms with Crippen LogP contribution < -0.4 is 0 Å². The fourth-order valence-electron chi connectivity index (χ4n) is 3.78. The summed E-state index contributed by atoms with van der Waals surface area (Å²) in [5, 5.41) is 0. The highest BCUT2D eigenvalue weighted by molar-refractivity contribution is 6.12. The molecule has 0 fully saturated rings. The molecule has 0 aliphatic heterocycles. The highest BCUT2D eigenvalue weighted by atomic mass is 16.1. The predicted octanol–water partition coefficient (Wildman–Crippen LogP) is 5.09. The van der Waals surface area contributed by atoms with Gasteiger partial charge in [0.05, 0.1) is 5.92 Å². The van der Waals surface area contributed by atoms with E-state index in [9.17, 15) is 4.79 Å². The Balaban J connectivity index is 1.95. The molecule has 25 heavy (non-hydrogen) atoms. The maximum atomic E-state index is 12.9. The fourth-order valence-corrected chi connectivity index (χ4v) is 3.78. The fraction of sp³-hybridized carbons (Fsp3) is 0.125. The van der Waals surface area contributed by atoms with Gasteiger partial charge < -0.3 is 0 Å². The van der Waals surface area contributed by atoms with E-state index in [-0.39, 0.29) is 17.6 Å². The zero-order valence-corrected chi connectivity index (χ0v) is 14.1. The van der Waals surface area contributed by atoms with E-state index in [4.69, 9.17) is 6.42 Å². The van der Waals surface area contributed by atoms with Crippen molar-refractivity contribution < 1.29 is 4.79 Å². The zero-order valence-electron chi connectivity index (χ0n) is 14.1. The molecular formula is C24H18O. The lowest BCUT2D eigenvalue weighted by atomic mass is 9.70. The average Bonchev–Trinajstić information content (AvgIpc) is 2.66. The molecule has 0 radical (unpaired) electrons. The lowest BCUT2D eigenvalue weighted by Crippen LogP contribution is -2.23. The van der Waals surface area contributed by atoms with Gasteiger partial charge in [-0.15, -0.1) is 6.42 Å². The average molecular weight is 322 g/mol. The van der Waals surface area contributed by atoms with Crippen LogP contribution in [-0.4, -0.2) is 5.78 Å². The number of carbonyl (C=O) groups is 1. The van der Waals surface area contributed by atoms with E-state index in [0.29, 0.717) is 0 Å². The van der Waals surface area contributed by atoms with Gasteiger partial charge in [0.25, 0.3) is 0 Å². The Morgan fingerprint density at radius 2 is 1.36 bits per heavy atom. The van der Waals surface area contributed by atoms with Crippen molar-refractivity contribution >= 4 is 5.78 Å². The summed E-state index contributed by atoms with van der Waals surface area (Å²) in [6, 6.07) is 24.0. The number of rotatable bonds is 2. The van der Waals surface area contributed by atoms with Crippen molar-refractivity contribution in [1.29, 1.82) is 0 Å². The van der Waals surface area contributed by atoms with Crippen molar-refractivity contribution in [3.05, 3.63) is 106 Å². The summed E-state index contributed by atoms with van der Waals surface area (Å²) in [5.41, 5.74) is 5.89. The molecule has 1 unspecified atom stereocenters. The number of benzene rings is 3. The van der Waals surface area contributed by atoms with Crippen LogP contribution >= 0.6 is 0 Å². The molecule has 3 aromatic rings. The number of hydrogen-bond acceptors (Lipinski definition) is 1. The van der Waals surface area contributed by atoms with Gasteiger partial charge in [-0.3, -0.25) is 4.79 Å². The van der Waals surface area contributed by atoms with Crippen LogP contribution in [0.5, 0.6) is 0 Å². The molecular weight excluding hydrogens is 304 g/mol. The first-order valence-corrected chi connectivity index (χ1v) is 8.46. The van der Waals surface area contributed by atoms with Crippen molar-refractivity contribution in [1.82, 2.24) is 0 Å². The molecule has 0 spiro atoms. The molecule has 1 nitrogen and oxygen atoms in total. The highest BCUT2D eigenvalue weighted by Crippen LogP contribution is 2.44. The van der Waals surface area contributed by atoms with Crippen molar-refractivity contribution in [3.8, 4) is 12.3 Å². The lowest BCUT2D eigenvalue weighted by Gasteiger charge is -2.31. The van der Waals surface area contributed by atoms with Gasteiger partial charge in [0.15, 0.2) is 5.78 Å². The van der Waals surface area contributed by atoms with E-state index in [2.05, 4.69) is 37.1 Å². The van der Waals surface area contributed by atoms with E-state index in [0.717, 1.165) is 27.8 Å². The Morgan fingerprint density at radius 3 is 1.88 bits per heavy atom. The minimum atomic E-state index is -0.115. The standard InChI is InChI=1S/C24H18O/c1-3-18(17-14-12-16(2)13-15-17)23-19-8-4-6-10-21(19)24(25)22-11-7-5-9-20(22)23/h1,4-15,18,23H,2H3. The molecule has 0 bridgehead atoms. The second kappa shape index (κ2) is 6.07. The largest absolute Gasteiger partial charge is 0.289 e. The Labute approximate surface area is 148 Å². The van der Waals surface area contributed by atoms with Gasteiger partial charge in [-0.1, -0.05) is 84.3 Å². The number of terminal acetylenes is 1. The van der Waals surface area contributed by atoms with Crippen molar-refractivity contribution in [3.63, 3.8) is 0 Å². The maximum absolute atomic E-state index is 12.9. The number of fused-ring (bicyclic) bond motifs is 2. The second-order valence-electron chi connectivity index (χ2n) is 6.54. The Bertz CT molecular complexity index is 940. The number of aryl methyl sites for hydroxylation is 1. The first-order chi connectivity index (χ1) is 12.2. The quantitative estimate of drug-likeness (QED) is 0.601. The van der Waals surface area contributed by atoms with E-state index in [1.807, 2.05) is 48.5 Å². The number of hydrogen-bond donors (Lipinski definition) is 0. The Morgan fingerprint density at radius 1 is 0.840 bits per heavy atom. The maximum Gasteiger partial charge on any atom is 0.193 e. The molecule has 0 amide bonds. The minimum Gasteiger partial charge on any atom is -0.289 e. The van der Waals surface area contributed by atoms with Crippen LogP contribution in [0.15, 0.2) is 72.8 Å². The number of ketones is 1. The van der Waals surface area contributed by atoms with Gasteiger partial charge in [-0.05, 0) is 23.6 Å². The molecule has 0 aromatic heterocycles. The molecule has 3 aromatic carbocycles. The summed E-state index contributed by atoms with van der Waals surface area (Å²) in [7, 11) is 0. The third kappa shape index (κ3) is 2.47. The molecule has 120 valence electrons. The lowest BCUT2D eigenvalue weighted by molar-refractivity contribution is 0.103. The molecule has 1 heteroatoms. The molecule has 0 N–H and O–H groups in total. The molecule has 1 aliphatic rings. The van der Waals surface area contributed by atoms with Gasteiger partial charge in [-0.25, -0.2) is 0 Å². The van der Waals surface area contributed by atoms with Crippen LogP contribution in [0.1, 0.15) is 50.0 Å². The Kier molecular flexibility index (Phi) is 3.75. The van der Waals surface area contributed by atoms with Crippen LogP contribution in [0.2, 0.25) is 0 Å². The predicted molar refractivity (Wildman–Crippen MR) is 101 cm³/mol. The zero-order chi connectivity index (χ0) is 17.4. The van der Waals surface area contributed by atoms with Crippen LogP contribution in [0.3, 0.4) is 0 Å². The molecule has 0 heterocycles. The topological polar surface area (TPSA) is 17.1 Å². The Hall–Kier alpha value is -3.11. The normalized spacial score (nSPS) is 14.3. The van der Waals surface area contributed by atoms with Crippen LogP contribution in [0.4, 0.5) is 0 Å². The van der Waals surface area contributed by atoms with Crippen molar-refractivity contribution in [2.45, 2.75) is 18.8 Å². The van der Waals surface area contributed by atoms with E-state index in [1.165, 1.54) is 5.56 Å². The van der Waals surface area contributed by atoms with Gasteiger partial charge in [0, 0.05) is 17.0 Å². The van der Waals surface area contributed by atoms with Gasteiger partial charge in [-0.2, -0.15) is 0 Å². The third-order valence-electron chi connectivity index (χ3n) is 5.03. The highest BCUT2D eigenvalue weighted by Gasteiger charge is 2.35. The third-order valence-corrected chi connectivity index (χ3v) is 5.03. The molecule has 1 aliphatic carbocycles. The van der Waals surface area contributed by atoms with E-state index >= 15 is 0 Å². The van der Waals surface area contributed by atoms with Crippen LogP contribution in [0.25, 0.3) is 0 Å². The van der Waals surface area contributed by atoms with Crippen LogP contribution in [0, 0.1) is 19.3 Å². The first kappa shape index (κ1) is 15.4. The van der Waals surface area contributed by atoms with Gasteiger partial charge in [0.2, 0.25) is 0 Å². The van der Waals surface area contributed by atoms with Crippen molar-refractivity contribution in [2.24, 2.45) is 0 Å². The smallest absolute Gasteiger partial charge is 0.193 e. The number of carbonyl (C=O) groups excluding carboxylic acids is 1. The molecule has 0 saturated heterocycles. The summed E-state index contributed by atoms with van der Waals surface area (Å²) in [4.78, 5) is 12.9. The second-order valence-corrected chi connectivity index (χ2v) is 6.54. The van der Waals surface area contributed by atoms with Crippen molar-refractivity contribution in [2.75, 3.05) is 0 Å². The van der Waals surface area contributed by atoms with E-state index in [1.54, 1.807) is 0 Å². The molecule has 4 rings (SSSR count). The first-order valence-electron chi connectivity index (χ1n) is 8.46. The SMILES string of the molecule is C#CC(c1ccc(C)cc1)C1c2ccccc2C(=O)c2ccccc21. The van der Waals surface area contributed by atoms with Gasteiger partial charge >= 0.3 is 0 Å². The van der Waals surface area contributed by atoms with Gasteiger partial charge in [0.1, 0.15) is 0 Å². The summed E-state index contributed by atoms with van der Waals surface area (Å²) in [6.45, 7) is 2.07.